The molecule has 0 aliphatic heterocycles. The van der Waals surface area contributed by atoms with Crippen LogP contribution in [-0.2, 0) is 19.4 Å². The minimum absolute atomic E-state index is 0.727. The molecule has 2 aromatic rings. The number of thiophene rings is 1. The van der Waals surface area contributed by atoms with E-state index in [-0.39, 0.29) is 0 Å². The third-order valence-electron chi connectivity index (χ3n) is 3.65. The van der Waals surface area contributed by atoms with Crippen molar-refractivity contribution in [1.82, 2.24) is 0 Å². The SMILES string of the molecule is N#Cc1c(NCc2ccc(Cl)cc2)sc2c1CCCC2. The lowest BCUT2D eigenvalue weighted by atomic mass is 9.96. The summed E-state index contributed by atoms with van der Waals surface area (Å²) in [6.07, 6.45) is 4.62. The normalized spacial score (nSPS) is 13.6. The van der Waals surface area contributed by atoms with Crippen molar-refractivity contribution < 1.29 is 0 Å². The summed E-state index contributed by atoms with van der Waals surface area (Å²) in [5.74, 6) is 0. The van der Waals surface area contributed by atoms with E-state index in [2.05, 4.69) is 11.4 Å². The topological polar surface area (TPSA) is 35.8 Å². The molecule has 0 fully saturated rings. The van der Waals surface area contributed by atoms with Gasteiger partial charge in [0.25, 0.3) is 0 Å². The van der Waals surface area contributed by atoms with Gasteiger partial charge in [-0.15, -0.1) is 11.3 Å². The van der Waals surface area contributed by atoms with Crippen molar-refractivity contribution in [2.45, 2.75) is 32.2 Å². The molecule has 0 atom stereocenters. The Bertz CT molecular complexity index is 652. The van der Waals surface area contributed by atoms with E-state index in [1.165, 1.54) is 28.8 Å². The van der Waals surface area contributed by atoms with E-state index < -0.39 is 0 Å². The number of anilines is 1. The fourth-order valence-electron chi connectivity index (χ4n) is 2.59. The molecular weight excluding hydrogens is 288 g/mol. The molecule has 0 saturated heterocycles. The average Bonchev–Trinajstić information content (AvgIpc) is 2.84. The second-order valence-electron chi connectivity index (χ2n) is 5.01. The Hall–Kier alpha value is -1.50. The maximum Gasteiger partial charge on any atom is 0.107 e. The Morgan fingerprint density at radius 1 is 1.20 bits per heavy atom. The highest BCUT2D eigenvalue weighted by molar-refractivity contribution is 7.16. The quantitative estimate of drug-likeness (QED) is 0.887. The molecule has 0 saturated carbocycles. The first-order valence-electron chi connectivity index (χ1n) is 6.81. The van der Waals surface area contributed by atoms with Gasteiger partial charge in [-0.1, -0.05) is 23.7 Å². The van der Waals surface area contributed by atoms with Crippen molar-refractivity contribution in [3.05, 3.63) is 50.9 Å². The number of hydrogen-bond acceptors (Lipinski definition) is 3. The van der Waals surface area contributed by atoms with Gasteiger partial charge in [0.05, 0.1) is 5.56 Å². The first kappa shape index (κ1) is 13.5. The van der Waals surface area contributed by atoms with E-state index >= 15 is 0 Å². The van der Waals surface area contributed by atoms with Gasteiger partial charge in [0.2, 0.25) is 0 Å². The van der Waals surface area contributed by atoms with Crippen molar-refractivity contribution >= 4 is 27.9 Å². The van der Waals surface area contributed by atoms with Gasteiger partial charge in [-0.2, -0.15) is 5.26 Å². The monoisotopic (exact) mass is 302 g/mol. The van der Waals surface area contributed by atoms with Gasteiger partial charge >= 0.3 is 0 Å². The van der Waals surface area contributed by atoms with E-state index in [1.54, 1.807) is 11.3 Å². The molecule has 1 aliphatic rings. The van der Waals surface area contributed by atoms with E-state index in [0.29, 0.717) is 0 Å². The number of benzene rings is 1. The van der Waals surface area contributed by atoms with Gasteiger partial charge in [0.15, 0.2) is 0 Å². The molecule has 3 rings (SSSR count). The molecule has 1 heterocycles. The molecule has 0 spiro atoms. The lowest BCUT2D eigenvalue weighted by molar-refractivity contribution is 0.696. The predicted molar refractivity (Wildman–Crippen MR) is 84.5 cm³/mol. The zero-order valence-electron chi connectivity index (χ0n) is 11.1. The number of fused-ring (bicyclic) bond motifs is 1. The number of hydrogen-bond donors (Lipinski definition) is 1. The van der Waals surface area contributed by atoms with Crippen molar-refractivity contribution in [2.24, 2.45) is 0 Å². The third-order valence-corrected chi connectivity index (χ3v) is 5.15. The Morgan fingerprint density at radius 2 is 1.95 bits per heavy atom. The summed E-state index contributed by atoms with van der Waals surface area (Å²) in [6, 6.07) is 10.2. The van der Waals surface area contributed by atoms with Gasteiger partial charge in [-0.25, -0.2) is 0 Å². The molecule has 0 unspecified atom stereocenters. The molecule has 0 radical (unpaired) electrons. The first-order chi connectivity index (χ1) is 9.78. The standard InChI is InChI=1S/C16H15ClN2S/c17-12-7-5-11(6-8-12)10-19-16-14(9-18)13-3-1-2-4-15(13)20-16/h5-8,19H,1-4,10H2. The Labute approximate surface area is 128 Å². The summed E-state index contributed by atoms with van der Waals surface area (Å²) in [4.78, 5) is 1.39. The summed E-state index contributed by atoms with van der Waals surface area (Å²) < 4.78 is 0. The molecule has 20 heavy (non-hydrogen) atoms. The highest BCUT2D eigenvalue weighted by atomic mass is 35.5. The molecule has 0 bridgehead atoms. The van der Waals surface area contributed by atoms with Crippen LogP contribution in [0.3, 0.4) is 0 Å². The average molecular weight is 303 g/mol. The van der Waals surface area contributed by atoms with Crippen molar-refractivity contribution in [2.75, 3.05) is 5.32 Å². The van der Waals surface area contributed by atoms with Crippen LogP contribution >= 0.6 is 22.9 Å². The summed E-state index contributed by atoms with van der Waals surface area (Å²) in [5, 5.41) is 14.6. The molecule has 1 aromatic heterocycles. The highest BCUT2D eigenvalue weighted by Gasteiger charge is 2.20. The van der Waals surface area contributed by atoms with E-state index in [0.717, 1.165) is 35.0 Å². The maximum atomic E-state index is 9.40. The molecule has 0 amide bonds. The second kappa shape index (κ2) is 5.87. The van der Waals surface area contributed by atoms with Crippen LogP contribution in [0.25, 0.3) is 0 Å². The van der Waals surface area contributed by atoms with Gasteiger partial charge in [0, 0.05) is 16.4 Å². The summed E-state index contributed by atoms with van der Waals surface area (Å²) in [5.41, 5.74) is 3.31. The second-order valence-corrected chi connectivity index (χ2v) is 6.55. The molecular formula is C16H15ClN2S. The van der Waals surface area contributed by atoms with Crippen LogP contribution in [0.1, 0.15) is 34.4 Å². The van der Waals surface area contributed by atoms with Crippen LogP contribution in [0.15, 0.2) is 24.3 Å². The van der Waals surface area contributed by atoms with E-state index in [1.807, 2.05) is 24.3 Å². The highest BCUT2D eigenvalue weighted by Crippen LogP contribution is 2.37. The molecule has 1 aromatic carbocycles. The van der Waals surface area contributed by atoms with E-state index in [9.17, 15) is 5.26 Å². The maximum absolute atomic E-state index is 9.40. The number of nitrogens with zero attached hydrogens (tertiary/aromatic N) is 1. The molecule has 2 nitrogen and oxygen atoms in total. The van der Waals surface area contributed by atoms with Gasteiger partial charge in [-0.05, 0) is 48.9 Å². The summed E-state index contributed by atoms with van der Waals surface area (Å²) in [6.45, 7) is 0.727. The van der Waals surface area contributed by atoms with Crippen LogP contribution in [-0.4, -0.2) is 0 Å². The number of nitrogens with one attached hydrogen (secondary N) is 1. The lowest BCUT2D eigenvalue weighted by Crippen LogP contribution is -2.01. The van der Waals surface area contributed by atoms with Crippen LogP contribution in [0.4, 0.5) is 5.00 Å². The molecule has 1 N–H and O–H groups in total. The van der Waals surface area contributed by atoms with Crippen LogP contribution < -0.4 is 5.32 Å². The molecule has 102 valence electrons. The number of rotatable bonds is 3. The zero-order valence-corrected chi connectivity index (χ0v) is 12.7. The zero-order chi connectivity index (χ0) is 13.9. The molecule has 1 aliphatic carbocycles. The van der Waals surface area contributed by atoms with Crippen molar-refractivity contribution in [3.63, 3.8) is 0 Å². The third kappa shape index (κ3) is 2.67. The predicted octanol–water partition coefficient (Wildman–Crippen LogP) is 4.76. The largest absolute Gasteiger partial charge is 0.372 e. The smallest absolute Gasteiger partial charge is 0.107 e. The lowest BCUT2D eigenvalue weighted by Gasteiger charge is -2.09. The fourth-order valence-corrected chi connectivity index (χ4v) is 3.95. The van der Waals surface area contributed by atoms with Gasteiger partial charge < -0.3 is 5.32 Å². The van der Waals surface area contributed by atoms with E-state index in [4.69, 9.17) is 11.6 Å². The summed E-state index contributed by atoms with van der Waals surface area (Å²) in [7, 11) is 0. The van der Waals surface area contributed by atoms with Crippen LogP contribution in [0.2, 0.25) is 5.02 Å². The Balaban J connectivity index is 1.79. The Kier molecular flexibility index (Phi) is 3.95. The van der Waals surface area contributed by atoms with Gasteiger partial charge in [0.1, 0.15) is 11.1 Å². The minimum Gasteiger partial charge on any atom is -0.372 e. The van der Waals surface area contributed by atoms with Crippen LogP contribution in [0, 0.1) is 11.3 Å². The number of nitriles is 1. The Morgan fingerprint density at radius 3 is 2.70 bits per heavy atom. The minimum atomic E-state index is 0.727. The van der Waals surface area contributed by atoms with Crippen LogP contribution in [0.5, 0.6) is 0 Å². The van der Waals surface area contributed by atoms with Crippen molar-refractivity contribution in [3.8, 4) is 6.07 Å². The fraction of sp³-hybridized carbons (Fsp3) is 0.312. The van der Waals surface area contributed by atoms with Gasteiger partial charge in [-0.3, -0.25) is 0 Å². The van der Waals surface area contributed by atoms with Crippen molar-refractivity contribution in [1.29, 1.82) is 5.26 Å². The number of aryl methyl sites for hydroxylation is 1. The summed E-state index contributed by atoms with van der Waals surface area (Å²) >= 11 is 7.63. The number of halogens is 1. The molecule has 4 heteroatoms. The first-order valence-corrected chi connectivity index (χ1v) is 8.00.